The summed E-state index contributed by atoms with van der Waals surface area (Å²) in [4.78, 5) is 1.67. The normalized spacial score (nSPS) is 23.2. The first-order valence-corrected chi connectivity index (χ1v) is 8.93. The Hall–Kier alpha value is -0.870. The van der Waals surface area contributed by atoms with Gasteiger partial charge in [-0.1, -0.05) is 0 Å². The van der Waals surface area contributed by atoms with Gasteiger partial charge in [0, 0.05) is 45.3 Å². The van der Waals surface area contributed by atoms with Crippen molar-refractivity contribution in [3.8, 4) is 0 Å². The molecule has 136 valence electrons. The summed E-state index contributed by atoms with van der Waals surface area (Å²) in [6.45, 7) is 3.98. The van der Waals surface area contributed by atoms with Crippen LogP contribution < -0.4 is 5.32 Å². The molecule has 1 aromatic rings. The molecule has 1 atom stereocenters. The Morgan fingerprint density at radius 3 is 2.21 bits per heavy atom. The number of sulfonamides is 1. The van der Waals surface area contributed by atoms with Crippen LogP contribution in [0, 0.1) is 17.5 Å². The molecule has 0 spiro atoms. The van der Waals surface area contributed by atoms with E-state index in [-0.39, 0.29) is 31.5 Å². The molecule has 2 aliphatic heterocycles. The number of hydrogen-bond acceptors (Lipinski definition) is 4. The Balaban J connectivity index is 0.00000208. The first kappa shape index (κ1) is 19.5. The van der Waals surface area contributed by atoms with Crippen LogP contribution in [0.5, 0.6) is 0 Å². The van der Waals surface area contributed by atoms with E-state index in [1.165, 1.54) is 4.31 Å². The van der Waals surface area contributed by atoms with Crippen molar-refractivity contribution in [2.24, 2.45) is 0 Å². The molecule has 0 aromatic heterocycles. The summed E-state index contributed by atoms with van der Waals surface area (Å²) < 4.78 is 65.9. The number of nitrogens with one attached hydrogen (secondary N) is 1. The summed E-state index contributed by atoms with van der Waals surface area (Å²) in [7, 11) is -4.03. The molecular formula is C14H19ClF3N3O2S. The first-order valence-electron chi connectivity index (χ1n) is 7.49. The van der Waals surface area contributed by atoms with Crippen LogP contribution in [0.4, 0.5) is 13.2 Å². The largest absolute Gasteiger partial charge is 0.314 e. The van der Waals surface area contributed by atoms with Gasteiger partial charge in [-0.25, -0.2) is 21.6 Å². The van der Waals surface area contributed by atoms with Crippen molar-refractivity contribution in [3.63, 3.8) is 0 Å². The molecule has 0 aliphatic carbocycles. The average Bonchev–Trinajstić information content (AvgIpc) is 3.03. The van der Waals surface area contributed by atoms with Gasteiger partial charge in [0.15, 0.2) is 17.5 Å². The third-order valence-electron chi connectivity index (χ3n) is 4.39. The van der Waals surface area contributed by atoms with Gasteiger partial charge >= 0.3 is 0 Å². The Kier molecular flexibility index (Phi) is 6.14. The van der Waals surface area contributed by atoms with Crippen LogP contribution in [0.3, 0.4) is 0 Å². The zero-order valence-electron chi connectivity index (χ0n) is 12.8. The van der Waals surface area contributed by atoms with Crippen molar-refractivity contribution in [3.05, 3.63) is 29.6 Å². The Labute approximate surface area is 145 Å². The molecule has 2 fully saturated rings. The molecule has 2 heterocycles. The van der Waals surface area contributed by atoms with Gasteiger partial charge < -0.3 is 5.32 Å². The molecular weight excluding hydrogens is 367 g/mol. The third kappa shape index (κ3) is 3.70. The Morgan fingerprint density at radius 2 is 1.62 bits per heavy atom. The van der Waals surface area contributed by atoms with Gasteiger partial charge in [-0.2, -0.15) is 4.31 Å². The standard InChI is InChI=1S/C14H18F3N3O2S.ClH/c15-12-7-11(8-13(16)14(12)17)23(21,22)20-4-1-10(9-20)19-5-2-18-3-6-19;/h7-8,10,18H,1-6,9H2;1H. The van der Waals surface area contributed by atoms with Gasteiger partial charge in [0.2, 0.25) is 10.0 Å². The second kappa shape index (κ2) is 7.57. The summed E-state index contributed by atoms with van der Waals surface area (Å²) in [6, 6.07) is 1.17. The fraction of sp³-hybridized carbons (Fsp3) is 0.571. The fourth-order valence-corrected chi connectivity index (χ4v) is 4.62. The number of nitrogens with zero attached hydrogens (tertiary/aromatic N) is 2. The predicted octanol–water partition coefficient (Wildman–Crippen LogP) is 1.19. The maximum Gasteiger partial charge on any atom is 0.243 e. The molecule has 24 heavy (non-hydrogen) atoms. The topological polar surface area (TPSA) is 52.7 Å². The maximum atomic E-state index is 13.3. The van der Waals surface area contributed by atoms with Crippen molar-refractivity contribution < 1.29 is 21.6 Å². The molecule has 1 aromatic carbocycles. The van der Waals surface area contributed by atoms with Crippen LogP contribution in [0.15, 0.2) is 17.0 Å². The van der Waals surface area contributed by atoms with Gasteiger partial charge in [0.25, 0.3) is 0 Å². The fourth-order valence-electron chi connectivity index (χ4n) is 3.10. The van der Waals surface area contributed by atoms with Crippen LogP contribution in [-0.2, 0) is 10.0 Å². The molecule has 1 unspecified atom stereocenters. The van der Waals surface area contributed by atoms with E-state index in [0.717, 1.165) is 26.2 Å². The molecule has 10 heteroatoms. The highest BCUT2D eigenvalue weighted by Gasteiger charge is 2.36. The van der Waals surface area contributed by atoms with E-state index in [1.54, 1.807) is 0 Å². The van der Waals surface area contributed by atoms with E-state index in [1.807, 2.05) is 0 Å². The molecule has 2 aliphatic rings. The lowest BCUT2D eigenvalue weighted by Crippen LogP contribution is -2.49. The summed E-state index contributed by atoms with van der Waals surface area (Å²) in [6.07, 6.45) is 0.672. The van der Waals surface area contributed by atoms with Gasteiger partial charge in [-0.15, -0.1) is 12.4 Å². The van der Waals surface area contributed by atoms with Crippen LogP contribution in [0.2, 0.25) is 0 Å². The highest BCUT2D eigenvalue weighted by molar-refractivity contribution is 7.89. The summed E-state index contributed by atoms with van der Waals surface area (Å²) >= 11 is 0. The van der Waals surface area contributed by atoms with Gasteiger partial charge in [0.1, 0.15) is 0 Å². The van der Waals surface area contributed by atoms with E-state index >= 15 is 0 Å². The minimum Gasteiger partial charge on any atom is -0.314 e. The van der Waals surface area contributed by atoms with Gasteiger partial charge in [-0.3, -0.25) is 4.90 Å². The smallest absolute Gasteiger partial charge is 0.243 e. The molecule has 0 amide bonds. The summed E-state index contributed by atoms with van der Waals surface area (Å²) in [5.41, 5.74) is 0. The highest BCUT2D eigenvalue weighted by atomic mass is 35.5. The van der Waals surface area contributed by atoms with Crippen LogP contribution in [-0.4, -0.2) is 62.9 Å². The van der Waals surface area contributed by atoms with Gasteiger partial charge in [-0.05, 0) is 18.6 Å². The lowest BCUT2D eigenvalue weighted by molar-refractivity contribution is 0.179. The number of benzene rings is 1. The molecule has 0 bridgehead atoms. The van der Waals surface area contributed by atoms with Crippen LogP contribution >= 0.6 is 12.4 Å². The van der Waals surface area contributed by atoms with Crippen molar-refractivity contribution in [2.75, 3.05) is 39.3 Å². The van der Waals surface area contributed by atoms with Crippen molar-refractivity contribution in [2.45, 2.75) is 17.4 Å². The van der Waals surface area contributed by atoms with Crippen molar-refractivity contribution >= 4 is 22.4 Å². The predicted molar refractivity (Wildman–Crippen MR) is 85.2 cm³/mol. The molecule has 3 rings (SSSR count). The van der Waals surface area contributed by atoms with Crippen molar-refractivity contribution in [1.29, 1.82) is 0 Å². The zero-order chi connectivity index (χ0) is 16.6. The summed E-state index contributed by atoms with van der Waals surface area (Å²) in [5.74, 6) is -4.66. The van der Waals surface area contributed by atoms with E-state index in [0.29, 0.717) is 18.6 Å². The van der Waals surface area contributed by atoms with Gasteiger partial charge in [0.05, 0.1) is 4.90 Å². The minimum absolute atomic E-state index is 0. The quantitative estimate of drug-likeness (QED) is 0.794. The molecule has 2 saturated heterocycles. The van der Waals surface area contributed by atoms with E-state index in [2.05, 4.69) is 10.2 Å². The molecule has 5 nitrogen and oxygen atoms in total. The SMILES string of the molecule is Cl.O=S(=O)(c1cc(F)c(F)c(F)c1)N1CCC(N2CCNCC2)C1. The van der Waals surface area contributed by atoms with E-state index in [9.17, 15) is 21.6 Å². The monoisotopic (exact) mass is 385 g/mol. The number of hydrogen-bond donors (Lipinski definition) is 1. The van der Waals surface area contributed by atoms with E-state index in [4.69, 9.17) is 0 Å². The number of piperazine rings is 1. The molecule has 0 radical (unpaired) electrons. The number of halogens is 4. The molecule has 1 N–H and O–H groups in total. The number of rotatable bonds is 3. The summed E-state index contributed by atoms with van der Waals surface area (Å²) in [5, 5.41) is 3.23. The third-order valence-corrected chi connectivity index (χ3v) is 6.23. The van der Waals surface area contributed by atoms with Crippen LogP contribution in [0.1, 0.15) is 6.42 Å². The minimum atomic E-state index is -4.03. The Morgan fingerprint density at radius 1 is 1.04 bits per heavy atom. The molecule has 0 saturated carbocycles. The first-order chi connectivity index (χ1) is 10.9. The zero-order valence-corrected chi connectivity index (χ0v) is 14.5. The van der Waals surface area contributed by atoms with E-state index < -0.39 is 32.4 Å². The highest BCUT2D eigenvalue weighted by Crippen LogP contribution is 2.26. The average molecular weight is 386 g/mol. The second-order valence-corrected chi connectivity index (χ2v) is 7.73. The lowest BCUT2D eigenvalue weighted by atomic mass is 10.2. The second-order valence-electron chi connectivity index (χ2n) is 5.79. The Bertz CT molecular complexity index is 676. The van der Waals surface area contributed by atoms with Crippen molar-refractivity contribution in [1.82, 2.24) is 14.5 Å². The maximum absolute atomic E-state index is 13.3. The lowest BCUT2D eigenvalue weighted by Gasteiger charge is -2.32. The van der Waals surface area contributed by atoms with Crippen LogP contribution in [0.25, 0.3) is 0 Å².